The molecule has 0 aliphatic heterocycles. The minimum atomic E-state index is 0.226. The molecule has 3 rings (SSSR count). The lowest BCUT2D eigenvalue weighted by atomic mass is 9.79. The highest BCUT2D eigenvalue weighted by molar-refractivity contribution is 5.10. The van der Waals surface area contributed by atoms with E-state index in [2.05, 4.69) is 18.0 Å². The van der Waals surface area contributed by atoms with Gasteiger partial charge in [-0.15, -0.1) is 0 Å². The van der Waals surface area contributed by atoms with Gasteiger partial charge in [0.2, 0.25) is 0 Å². The summed E-state index contributed by atoms with van der Waals surface area (Å²) in [6, 6.07) is 4.13. The molecule has 2 aliphatic rings. The van der Waals surface area contributed by atoms with Gasteiger partial charge in [-0.3, -0.25) is 4.90 Å². The highest BCUT2D eigenvalue weighted by atomic mass is 16.3. The molecule has 0 amide bonds. The topological polar surface area (TPSA) is 42.4 Å². The zero-order valence-corrected chi connectivity index (χ0v) is 11.5. The molecule has 3 unspecified atom stereocenters. The lowest BCUT2D eigenvalue weighted by Gasteiger charge is -2.44. The Morgan fingerprint density at radius 3 is 2.78 bits per heavy atom. The lowest BCUT2D eigenvalue weighted by molar-refractivity contribution is 0.0534. The molecular weight excluding hydrogens is 224 g/mol. The monoisotopic (exact) mass is 248 g/mol. The van der Waals surface area contributed by atoms with Crippen molar-refractivity contribution in [1.29, 1.82) is 0 Å². The fourth-order valence-electron chi connectivity index (χ4n) is 4.25. The second-order valence-electron chi connectivity index (χ2n) is 6.26. The summed E-state index contributed by atoms with van der Waals surface area (Å²) in [5, 5.41) is 0. The maximum absolute atomic E-state index is 6.14. The Hall–Kier alpha value is -0.800. The number of nitrogens with two attached hydrogens (primary N) is 1. The van der Waals surface area contributed by atoms with Gasteiger partial charge in [0.05, 0.1) is 6.54 Å². The number of rotatable bonds is 4. The van der Waals surface area contributed by atoms with E-state index < -0.39 is 0 Å². The molecule has 2 bridgehead atoms. The molecule has 2 saturated carbocycles. The summed E-state index contributed by atoms with van der Waals surface area (Å²) in [5.41, 5.74) is 6.37. The number of aryl methyl sites for hydroxylation is 1. The van der Waals surface area contributed by atoms with Crippen LogP contribution >= 0.6 is 0 Å². The molecule has 3 atom stereocenters. The van der Waals surface area contributed by atoms with Crippen LogP contribution in [-0.4, -0.2) is 24.0 Å². The molecular formula is C15H24N2O. The van der Waals surface area contributed by atoms with Crippen LogP contribution in [-0.2, 0) is 6.54 Å². The van der Waals surface area contributed by atoms with Crippen molar-refractivity contribution < 1.29 is 4.42 Å². The molecule has 100 valence electrons. The first kappa shape index (κ1) is 12.2. The zero-order valence-electron chi connectivity index (χ0n) is 11.5. The van der Waals surface area contributed by atoms with Crippen LogP contribution in [0.3, 0.4) is 0 Å². The fraction of sp³-hybridized carbons (Fsp3) is 0.733. The van der Waals surface area contributed by atoms with Gasteiger partial charge in [0, 0.05) is 12.1 Å². The Morgan fingerprint density at radius 2 is 2.28 bits per heavy atom. The van der Waals surface area contributed by atoms with Gasteiger partial charge in [-0.1, -0.05) is 6.42 Å². The molecule has 1 aromatic rings. The summed E-state index contributed by atoms with van der Waals surface area (Å²) >= 11 is 0. The fourth-order valence-corrected chi connectivity index (χ4v) is 4.25. The van der Waals surface area contributed by atoms with Gasteiger partial charge < -0.3 is 10.2 Å². The smallest absolute Gasteiger partial charge is 0.118 e. The standard InChI is InChI=1S/C15H24N2O/c1-11-3-6-14(18-11)9-17(2)15(10-16)8-12-4-5-13(15)7-12/h3,6,12-13H,4-5,7-10,16H2,1-2H3. The Kier molecular flexibility index (Phi) is 2.99. The Balaban J connectivity index is 1.76. The maximum Gasteiger partial charge on any atom is 0.118 e. The predicted octanol–water partition coefficient (Wildman–Crippen LogP) is 2.54. The van der Waals surface area contributed by atoms with E-state index in [1.165, 1.54) is 25.7 Å². The minimum absolute atomic E-state index is 0.226. The summed E-state index contributed by atoms with van der Waals surface area (Å²) in [5.74, 6) is 3.77. The van der Waals surface area contributed by atoms with Gasteiger partial charge in [-0.25, -0.2) is 0 Å². The first-order valence-corrected chi connectivity index (χ1v) is 7.10. The van der Waals surface area contributed by atoms with E-state index in [1.54, 1.807) is 0 Å². The second kappa shape index (κ2) is 4.39. The van der Waals surface area contributed by atoms with Gasteiger partial charge in [0.15, 0.2) is 0 Å². The van der Waals surface area contributed by atoms with E-state index in [0.717, 1.165) is 36.4 Å². The van der Waals surface area contributed by atoms with Crippen molar-refractivity contribution in [3.63, 3.8) is 0 Å². The first-order chi connectivity index (χ1) is 8.64. The van der Waals surface area contributed by atoms with Crippen LogP contribution in [0.5, 0.6) is 0 Å². The first-order valence-electron chi connectivity index (χ1n) is 7.10. The zero-order chi connectivity index (χ0) is 12.8. The molecule has 0 saturated heterocycles. The maximum atomic E-state index is 6.14. The summed E-state index contributed by atoms with van der Waals surface area (Å²) in [6.45, 7) is 3.67. The normalized spacial score (nSPS) is 34.7. The average Bonchev–Trinajstić information content (AvgIpc) is 3.04. The molecule has 0 radical (unpaired) electrons. The van der Waals surface area contributed by atoms with Crippen molar-refractivity contribution in [2.75, 3.05) is 13.6 Å². The van der Waals surface area contributed by atoms with Crippen molar-refractivity contribution in [2.45, 2.75) is 44.7 Å². The van der Waals surface area contributed by atoms with E-state index in [1.807, 2.05) is 13.0 Å². The number of nitrogens with zero attached hydrogens (tertiary/aromatic N) is 1. The predicted molar refractivity (Wildman–Crippen MR) is 72.1 cm³/mol. The van der Waals surface area contributed by atoms with E-state index >= 15 is 0 Å². The number of furan rings is 1. The molecule has 1 aromatic heterocycles. The Labute approximate surface area is 109 Å². The third-order valence-corrected chi connectivity index (χ3v) is 5.25. The molecule has 18 heavy (non-hydrogen) atoms. The van der Waals surface area contributed by atoms with Gasteiger partial charge in [0.1, 0.15) is 11.5 Å². The van der Waals surface area contributed by atoms with Crippen molar-refractivity contribution in [3.05, 3.63) is 23.7 Å². The van der Waals surface area contributed by atoms with Gasteiger partial charge in [0.25, 0.3) is 0 Å². The van der Waals surface area contributed by atoms with Crippen LogP contribution in [0.4, 0.5) is 0 Å². The highest BCUT2D eigenvalue weighted by Crippen LogP contribution is 2.52. The van der Waals surface area contributed by atoms with Crippen molar-refractivity contribution in [3.8, 4) is 0 Å². The Morgan fingerprint density at radius 1 is 1.44 bits per heavy atom. The van der Waals surface area contributed by atoms with Crippen LogP contribution < -0.4 is 5.73 Å². The summed E-state index contributed by atoms with van der Waals surface area (Å²) in [4.78, 5) is 2.45. The molecule has 0 aromatic carbocycles. The van der Waals surface area contributed by atoms with Gasteiger partial charge in [-0.05, 0) is 57.2 Å². The van der Waals surface area contributed by atoms with Crippen molar-refractivity contribution in [2.24, 2.45) is 17.6 Å². The number of hydrogen-bond acceptors (Lipinski definition) is 3. The van der Waals surface area contributed by atoms with E-state index in [0.29, 0.717) is 0 Å². The lowest BCUT2D eigenvalue weighted by Crippen LogP contribution is -2.55. The minimum Gasteiger partial charge on any atom is -0.465 e. The number of likely N-dealkylation sites (N-methyl/N-ethyl adjacent to an activating group) is 1. The van der Waals surface area contributed by atoms with Gasteiger partial charge >= 0.3 is 0 Å². The van der Waals surface area contributed by atoms with Crippen LogP contribution in [0, 0.1) is 18.8 Å². The number of hydrogen-bond donors (Lipinski definition) is 1. The summed E-state index contributed by atoms with van der Waals surface area (Å²) in [6.07, 6.45) is 5.45. The molecule has 3 heteroatoms. The third kappa shape index (κ3) is 1.81. The van der Waals surface area contributed by atoms with Crippen molar-refractivity contribution >= 4 is 0 Å². The number of fused-ring (bicyclic) bond motifs is 2. The average molecular weight is 248 g/mol. The molecule has 2 aliphatic carbocycles. The molecule has 3 nitrogen and oxygen atoms in total. The SMILES string of the molecule is Cc1ccc(CN(C)C2(CN)CC3CCC2C3)o1. The van der Waals surface area contributed by atoms with Crippen LogP contribution in [0.15, 0.2) is 16.5 Å². The van der Waals surface area contributed by atoms with E-state index in [-0.39, 0.29) is 5.54 Å². The van der Waals surface area contributed by atoms with Crippen molar-refractivity contribution in [1.82, 2.24) is 4.90 Å². The molecule has 2 N–H and O–H groups in total. The molecule has 2 fully saturated rings. The van der Waals surface area contributed by atoms with Crippen LogP contribution in [0.1, 0.15) is 37.2 Å². The van der Waals surface area contributed by atoms with E-state index in [9.17, 15) is 0 Å². The van der Waals surface area contributed by atoms with Gasteiger partial charge in [-0.2, -0.15) is 0 Å². The molecule has 1 heterocycles. The van der Waals surface area contributed by atoms with Crippen LogP contribution in [0.25, 0.3) is 0 Å². The molecule has 0 spiro atoms. The largest absolute Gasteiger partial charge is 0.465 e. The third-order valence-electron chi connectivity index (χ3n) is 5.25. The highest BCUT2D eigenvalue weighted by Gasteiger charge is 2.52. The Bertz CT molecular complexity index is 428. The quantitative estimate of drug-likeness (QED) is 0.890. The van der Waals surface area contributed by atoms with Crippen LogP contribution in [0.2, 0.25) is 0 Å². The second-order valence-corrected chi connectivity index (χ2v) is 6.26. The summed E-state index contributed by atoms with van der Waals surface area (Å²) < 4.78 is 5.70. The van der Waals surface area contributed by atoms with E-state index in [4.69, 9.17) is 10.2 Å². The summed E-state index contributed by atoms with van der Waals surface area (Å²) in [7, 11) is 2.21.